The van der Waals surface area contributed by atoms with Crippen LogP contribution in [0.4, 0.5) is 0 Å². The second kappa shape index (κ2) is 11.3. The Hall–Kier alpha value is -1.95. The highest BCUT2D eigenvalue weighted by Gasteiger charge is 2.15. The Bertz CT molecular complexity index is 915. The Morgan fingerprint density at radius 2 is 1.52 bits per heavy atom. The lowest BCUT2D eigenvalue weighted by molar-refractivity contribution is -0.146. The van der Waals surface area contributed by atoms with E-state index in [0.717, 1.165) is 14.3 Å². The van der Waals surface area contributed by atoms with E-state index >= 15 is 0 Å². The van der Waals surface area contributed by atoms with Gasteiger partial charge in [-0.25, -0.2) is 0 Å². The van der Waals surface area contributed by atoms with E-state index in [4.69, 9.17) is 4.74 Å². The van der Waals surface area contributed by atoms with E-state index in [1.54, 1.807) is 23.5 Å². The van der Waals surface area contributed by atoms with Gasteiger partial charge in [0, 0.05) is 31.8 Å². The van der Waals surface area contributed by atoms with Crippen molar-refractivity contribution in [1.82, 2.24) is 0 Å². The van der Waals surface area contributed by atoms with E-state index < -0.39 is 0 Å². The fourth-order valence-electron chi connectivity index (χ4n) is 2.68. The first-order valence-corrected chi connectivity index (χ1v) is 11.6. The predicted molar refractivity (Wildman–Crippen MR) is 126 cm³/mol. The second-order valence-corrected chi connectivity index (χ2v) is 9.65. The molecule has 2 nitrogen and oxygen atoms in total. The molecule has 29 heavy (non-hydrogen) atoms. The molecule has 0 aromatic heterocycles. The number of halogens is 1. The first-order valence-electron chi connectivity index (χ1n) is 9.19. The number of carbonyl (C=O) groups excluding carboxylic acids is 1. The van der Waals surface area contributed by atoms with Gasteiger partial charge in [-0.1, -0.05) is 94.1 Å². The third-order valence-corrected chi connectivity index (χ3v) is 6.70. The van der Waals surface area contributed by atoms with Gasteiger partial charge in [-0.15, -0.1) is 0 Å². The molecule has 3 rings (SSSR count). The summed E-state index contributed by atoms with van der Waals surface area (Å²) in [5.74, 6) is -0.281. The molecule has 0 amide bonds. The van der Waals surface area contributed by atoms with Gasteiger partial charge in [-0.05, 0) is 42.0 Å². The number of thioether (sulfide) groups is 2. The molecular weight excluding hydrogens is 464 g/mol. The van der Waals surface area contributed by atoms with Crippen molar-refractivity contribution in [2.24, 2.45) is 0 Å². The summed E-state index contributed by atoms with van der Waals surface area (Å²) in [5.41, 5.74) is 0.972. The van der Waals surface area contributed by atoms with Crippen LogP contribution in [0.5, 0.6) is 0 Å². The summed E-state index contributed by atoms with van der Waals surface area (Å²) in [5, 5.41) is 0. The molecule has 0 saturated carbocycles. The summed E-state index contributed by atoms with van der Waals surface area (Å²) in [6.45, 7) is 1.45. The van der Waals surface area contributed by atoms with E-state index in [2.05, 4.69) is 46.3 Å². The highest BCUT2D eigenvalue weighted by Crippen LogP contribution is 2.40. The Kier molecular flexibility index (Phi) is 8.47. The van der Waals surface area contributed by atoms with Crippen LogP contribution in [0, 0.1) is 0 Å². The third-order valence-electron chi connectivity index (χ3n) is 3.95. The van der Waals surface area contributed by atoms with Gasteiger partial charge < -0.3 is 4.74 Å². The molecule has 0 aliphatic heterocycles. The number of benzene rings is 3. The standard InChI is InChI=1S/C24H21BrO2S2/c1-18(26)27-23(19-9-8-10-20(25)17-19)15-16-24(28-21-11-4-2-5-12-21)29-22-13-6-3-7-14-22/h2-14,16-17,23H,15H2,1H3/t23-/m0/s1. The van der Waals surface area contributed by atoms with Gasteiger partial charge in [-0.3, -0.25) is 4.79 Å². The summed E-state index contributed by atoms with van der Waals surface area (Å²) < 4.78 is 7.73. The molecule has 0 saturated heterocycles. The second-order valence-electron chi connectivity index (χ2n) is 6.24. The quantitative estimate of drug-likeness (QED) is 0.240. The molecule has 0 heterocycles. The van der Waals surface area contributed by atoms with Gasteiger partial charge >= 0.3 is 5.97 Å². The lowest BCUT2D eigenvalue weighted by Crippen LogP contribution is -2.08. The summed E-state index contributed by atoms with van der Waals surface area (Å²) >= 11 is 6.94. The van der Waals surface area contributed by atoms with E-state index in [1.165, 1.54) is 16.7 Å². The number of rotatable bonds is 8. The molecule has 0 aliphatic carbocycles. The highest BCUT2D eigenvalue weighted by molar-refractivity contribution is 9.10. The first kappa shape index (κ1) is 21.8. The smallest absolute Gasteiger partial charge is 0.303 e. The van der Waals surface area contributed by atoms with Crippen LogP contribution in [0.3, 0.4) is 0 Å². The fourth-order valence-corrected chi connectivity index (χ4v) is 5.25. The normalized spacial score (nSPS) is 11.5. The summed E-state index contributed by atoms with van der Waals surface area (Å²) in [6.07, 6.45) is 2.43. The topological polar surface area (TPSA) is 26.3 Å². The predicted octanol–water partition coefficient (Wildman–Crippen LogP) is 7.87. The zero-order valence-corrected chi connectivity index (χ0v) is 19.2. The lowest BCUT2D eigenvalue weighted by Gasteiger charge is -2.17. The number of hydrogen-bond acceptors (Lipinski definition) is 4. The zero-order valence-electron chi connectivity index (χ0n) is 16.0. The van der Waals surface area contributed by atoms with Crippen LogP contribution in [0.1, 0.15) is 25.0 Å². The molecule has 0 unspecified atom stereocenters. The average molecular weight is 485 g/mol. The van der Waals surface area contributed by atoms with Gasteiger partial charge in [0.25, 0.3) is 0 Å². The van der Waals surface area contributed by atoms with Crippen molar-refractivity contribution in [2.75, 3.05) is 0 Å². The monoisotopic (exact) mass is 484 g/mol. The van der Waals surface area contributed by atoms with Crippen molar-refractivity contribution in [1.29, 1.82) is 0 Å². The molecule has 3 aromatic carbocycles. The minimum absolute atomic E-state index is 0.281. The minimum atomic E-state index is -0.326. The van der Waals surface area contributed by atoms with E-state index in [1.807, 2.05) is 60.7 Å². The van der Waals surface area contributed by atoms with E-state index in [-0.39, 0.29) is 12.1 Å². The summed E-state index contributed by atoms with van der Waals surface area (Å²) in [7, 11) is 0. The fraction of sp³-hybridized carbons (Fsp3) is 0.125. The van der Waals surface area contributed by atoms with Crippen molar-refractivity contribution in [2.45, 2.75) is 29.2 Å². The van der Waals surface area contributed by atoms with Gasteiger partial charge in [0.15, 0.2) is 0 Å². The van der Waals surface area contributed by atoms with Crippen LogP contribution in [-0.2, 0) is 9.53 Å². The Balaban J connectivity index is 1.84. The molecule has 0 fully saturated rings. The molecule has 3 aromatic rings. The largest absolute Gasteiger partial charge is 0.457 e. The summed E-state index contributed by atoms with van der Waals surface area (Å²) in [6, 6.07) is 28.5. The van der Waals surface area contributed by atoms with E-state index in [9.17, 15) is 4.79 Å². The first-order chi connectivity index (χ1) is 14.1. The van der Waals surface area contributed by atoms with Crippen molar-refractivity contribution in [3.8, 4) is 0 Å². The molecule has 148 valence electrons. The van der Waals surface area contributed by atoms with Crippen LogP contribution in [0.2, 0.25) is 0 Å². The molecule has 1 atom stereocenters. The molecule has 5 heteroatoms. The lowest BCUT2D eigenvalue weighted by atomic mass is 10.1. The Morgan fingerprint density at radius 3 is 2.03 bits per heavy atom. The summed E-state index contributed by atoms with van der Waals surface area (Å²) in [4.78, 5) is 14.0. The van der Waals surface area contributed by atoms with E-state index in [0.29, 0.717) is 6.42 Å². The molecule has 0 bridgehead atoms. The minimum Gasteiger partial charge on any atom is -0.457 e. The van der Waals surface area contributed by atoms with Crippen LogP contribution < -0.4 is 0 Å². The number of ether oxygens (including phenoxy) is 1. The maximum Gasteiger partial charge on any atom is 0.303 e. The van der Waals surface area contributed by atoms with Crippen LogP contribution in [-0.4, -0.2) is 5.97 Å². The maximum absolute atomic E-state index is 11.7. The molecule has 0 aliphatic rings. The zero-order chi connectivity index (χ0) is 20.5. The Labute approximate surface area is 188 Å². The van der Waals surface area contributed by atoms with Crippen molar-refractivity contribution < 1.29 is 9.53 Å². The maximum atomic E-state index is 11.7. The third kappa shape index (κ3) is 7.42. The number of esters is 1. The van der Waals surface area contributed by atoms with Crippen LogP contribution in [0.25, 0.3) is 0 Å². The van der Waals surface area contributed by atoms with Crippen molar-refractivity contribution >= 4 is 45.4 Å². The number of hydrogen-bond donors (Lipinski definition) is 0. The van der Waals surface area contributed by atoms with Crippen molar-refractivity contribution in [3.63, 3.8) is 0 Å². The molecule has 0 radical (unpaired) electrons. The molecule has 0 spiro atoms. The van der Waals surface area contributed by atoms with Gasteiger partial charge in [0.2, 0.25) is 0 Å². The number of carbonyl (C=O) groups is 1. The Morgan fingerprint density at radius 1 is 0.931 bits per heavy atom. The van der Waals surface area contributed by atoms with Crippen LogP contribution >= 0.6 is 39.5 Å². The van der Waals surface area contributed by atoms with Crippen molar-refractivity contribution in [3.05, 3.63) is 105 Å². The SMILES string of the molecule is CC(=O)O[C@@H](CC=C(Sc1ccccc1)Sc1ccccc1)c1cccc(Br)c1. The van der Waals surface area contributed by atoms with Gasteiger partial charge in [-0.2, -0.15) is 0 Å². The van der Waals surface area contributed by atoms with Gasteiger partial charge in [0.05, 0.1) is 0 Å². The van der Waals surface area contributed by atoms with Gasteiger partial charge in [0.1, 0.15) is 6.10 Å². The average Bonchev–Trinajstić information content (AvgIpc) is 2.72. The van der Waals surface area contributed by atoms with Crippen LogP contribution in [0.15, 0.2) is 110 Å². The molecule has 0 N–H and O–H groups in total. The highest BCUT2D eigenvalue weighted by atomic mass is 79.9. The molecular formula is C24H21BrO2S2.